The van der Waals surface area contributed by atoms with Gasteiger partial charge in [0.1, 0.15) is 11.5 Å². The molecule has 0 spiro atoms. The average molecular weight is 447 g/mol. The van der Waals surface area contributed by atoms with E-state index in [0.717, 1.165) is 27.8 Å². The zero-order valence-electron chi connectivity index (χ0n) is 20.7. The molecule has 0 aliphatic heterocycles. The fraction of sp³-hybridized carbons (Fsp3) is 0.345. The molecule has 0 heterocycles. The SMILES string of the molecule is COC(C)(C)Cc1cccc(C(=O)Oc2ccc(C(C)(C)c3ccc(O)c(C)c3)cc2C)c1. The molecular formula is C29H34O4. The predicted molar refractivity (Wildman–Crippen MR) is 132 cm³/mol. The maximum atomic E-state index is 12.8. The normalized spacial score (nSPS) is 12.0. The molecule has 1 N–H and O–H groups in total. The second-order valence-corrected chi connectivity index (χ2v) is 9.84. The first-order chi connectivity index (χ1) is 15.4. The Labute approximate surface area is 197 Å². The lowest BCUT2D eigenvalue weighted by Crippen LogP contribution is -2.25. The van der Waals surface area contributed by atoms with Crippen molar-refractivity contribution in [2.24, 2.45) is 0 Å². The lowest BCUT2D eigenvalue weighted by Gasteiger charge is -2.27. The molecule has 0 fully saturated rings. The van der Waals surface area contributed by atoms with Crippen LogP contribution in [0.15, 0.2) is 60.7 Å². The smallest absolute Gasteiger partial charge is 0.343 e. The van der Waals surface area contributed by atoms with Crippen LogP contribution in [0.3, 0.4) is 0 Å². The van der Waals surface area contributed by atoms with Crippen molar-refractivity contribution in [3.63, 3.8) is 0 Å². The molecule has 3 rings (SSSR count). The van der Waals surface area contributed by atoms with Gasteiger partial charge in [-0.2, -0.15) is 0 Å². The van der Waals surface area contributed by atoms with Crippen molar-refractivity contribution in [3.05, 3.63) is 94.0 Å². The molecule has 0 saturated heterocycles. The van der Waals surface area contributed by atoms with Crippen molar-refractivity contribution in [2.45, 2.75) is 59.0 Å². The Morgan fingerprint density at radius 3 is 2.12 bits per heavy atom. The Morgan fingerprint density at radius 1 is 0.879 bits per heavy atom. The molecule has 0 aliphatic carbocycles. The summed E-state index contributed by atoms with van der Waals surface area (Å²) in [5.74, 6) is 0.461. The number of rotatable bonds is 7. The van der Waals surface area contributed by atoms with Gasteiger partial charge in [0.25, 0.3) is 0 Å². The van der Waals surface area contributed by atoms with Gasteiger partial charge in [-0.15, -0.1) is 0 Å². The number of hydrogen-bond donors (Lipinski definition) is 1. The number of methoxy groups -OCH3 is 1. The summed E-state index contributed by atoms with van der Waals surface area (Å²) in [4.78, 5) is 12.8. The van der Waals surface area contributed by atoms with Crippen LogP contribution in [-0.4, -0.2) is 23.8 Å². The number of carbonyl (C=O) groups excluding carboxylic acids is 1. The first-order valence-corrected chi connectivity index (χ1v) is 11.2. The number of aromatic hydroxyl groups is 1. The third-order valence-corrected chi connectivity index (χ3v) is 6.36. The lowest BCUT2D eigenvalue weighted by molar-refractivity contribution is 0.0231. The Bertz CT molecular complexity index is 1160. The van der Waals surface area contributed by atoms with E-state index in [-0.39, 0.29) is 17.0 Å². The second kappa shape index (κ2) is 9.40. The van der Waals surface area contributed by atoms with E-state index < -0.39 is 0 Å². The Kier molecular flexibility index (Phi) is 6.99. The van der Waals surface area contributed by atoms with E-state index in [4.69, 9.17) is 9.47 Å². The highest BCUT2D eigenvalue weighted by molar-refractivity contribution is 5.91. The molecule has 4 nitrogen and oxygen atoms in total. The quantitative estimate of drug-likeness (QED) is 0.331. The monoisotopic (exact) mass is 446 g/mol. The molecule has 0 aromatic heterocycles. The molecular weight excluding hydrogens is 412 g/mol. The van der Waals surface area contributed by atoms with Gasteiger partial charge in [-0.05, 0) is 79.8 Å². The molecule has 0 unspecified atom stereocenters. The van der Waals surface area contributed by atoms with Gasteiger partial charge in [0, 0.05) is 18.9 Å². The van der Waals surface area contributed by atoms with Gasteiger partial charge in [-0.3, -0.25) is 0 Å². The van der Waals surface area contributed by atoms with Crippen molar-refractivity contribution >= 4 is 5.97 Å². The van der Waals surface area contributed by atoms with E-state index in [1.165, 1.54) is 0 Å². The molecule has 3 aromatic rings. The second-order valence-electron chi connectivity index (χ2n) is 9.84. The van der Waals surface area contributed by atoms with E-state index >= 15 is 0 Å². The van der Waals surface area contributed by atoms with E-state index in [1.807, 2.05) is 70.2 Å². The molecule has 33 heavy (non-hydrogen) atoms. The maximum absolute atomic E-state index is 12.8. The molecule has 0 bridgehead atoms. The third-order valence-electron chi connectivity index (χ3n) is 6.36. The van der Waals surface area contributed by atoms with Crippen molar-refractivity contribution in [2.75, 3.05) is 7.11 Å². The van der Waals surface area contributed by atoms with Crippen molar-refractivity contribution in [1.29, 1.82) is 0 Å². The minimum Gasteiger partial charge on any atom is -0.508 e. The standard InChI is InChI=1S/C29H34O4/c1-19-15-23(11-13-25(19)30)29(5,6)24-12-14-26(20(2)16-24)33-27(31)22-10-8-9-21(17-22)18-28(3,4)32-7/h8-17,30H,18H2,1-7H3. The number of phenols is 1. The highest BCUT2D eigenvalue weighted by Gasteiger charge is 2.25. The molecule has 4 heteroatoms. The molecule has 0 radical (unpaired) electrons. The summed E-state index contributed by atoms with van der Waals surface area (Å²) >= 11 is 0. The fourth-order valence-electron chi connectivity index (χ4n) is 3.89. The third kappa shape index (κ3) is 5.63. The van der Waals surface area contributed by atoms with E-state index in [2.05, 4.69) is 19.9 Å². The van der Waals surface area contributed by atoms with Gasteiger partial charge in [-0.1, -0.05) is 50.2 Å². The number of hydrogen-bond acceptors (Lipinski definition) is 4. The largest absolute Gasteiger partial charge is 0.508 e. The van der Waals surface area contributed by atoms with E-state index in [0.29, 0.717) is 23.5 Å². The van der Waals surface area contributed by atoms with Crippen LogP contribution in [0.2, 0.25) is 0 Å². The maximum Gasteiger partial charge on any atom is 0.343 e. The van der Waals surface area contributed by atoms with Crippen LogP contribution < -0.4 is 4.74 Å². The Hall–Kier alpha value is -3.11. The number of phenolic OH excluding ortho intramolecular Hbond substituents is 1. The minimum absolute atomic E-state index is 0.270. The fourth-order valence-corrected chi connectivity index (χ4v) is 3.89. The molecule has 3 aromatic carbocycles. The number of esters is 1. The summed E-state index contributed by atoms with van der Waals surface area (Å²) in [5.41, 5.74) is 4.91. The van der Waals surface area contributed by atoms with Crippen LogP contribution in [0.25, 0.3) is 0 Å². The first-order valence-electron chi connectivity index (χ1n) is 11.2. The van der Waals surface area contributed by atoms with Crippen molar-refractivity contribution in [1.82, 2.24) is 0 Å². The molecule has 0 saturated carbocycles. The summed E-state index contributed by atoms with van der Waals surface area (Å²) in [6.07, 6.45) is 0.699. The summed E-state index contributed by atoms with van der Waals surface area (Å²) < 4.78 is 11.3. The van der Waals surface area contributed by atoms with Crippen LogP contribution in [-0.2, 0) is 16.6 Å². The molecule has 174 valence electrons. The van der Waals surface area contributed by atoms with Gasteiger partial charge in [-0.25, -0.2) is 4.79 Å². The number of benzene rings is 3. The zero-order chi connectivity index (χ0) is 24.4. The summed E-state index contributed by atoms with van der Waals surface area (Å²) in [6, 6.07) is 19.1. The van der Waals surface area contributed by atoms with Crippen LogP contribution in [0.5, 0.6) is 11.5 Å². The summed E-state index contributed by atoms with van der Waals surface area (Å²) in [5, 5.41) is 9.87. The van der Waals surface area contributed by atoms with Crippen LogP contribution >= 0.6 is 0 Å². The van der Waals surface area contributed by atoms with Crippen LogP contribution in [0.4, 0.5) is 0 Å². The first kappa shape index (κ1) is 24.5. The highest BCUT2D eigenvalue weighted by atomic mass is 16.5. The number of aryl methyl sites for hydroxylation is 2. The highest BCUT2D eigenvalue weighted by Crippen LogP contribution is 2.35. The average Bonchev–Trinajstić information content (AvgIpc) is 2.76. The van der Waals surface area contributed by atoms with Gasteiger partial charge in [0.05, 0.1) is 11.2 Å². The van der Waals surface area contributed by atoms with Gasteiger partial charge in [0.15, 0.2) is 0 Å². The molecule has 0 aliphatic rings. The topological polar surface area (TPSA) is 55.8 Å². The Morgan fingerprint density at radius 2 is 1.52 bits per heavy atom. The van der Waals surface area contributed by atoms with Gasteiger partial charge in [0.2, 0.25) is 0 Å². The van der Waals surface area contributed by atoms with Crippen LogP contribution in [0, 0.1) is 13.8 Å². The summed E-state index contributed by atoms with van der Waals surface area (Å²) in [7, 11) is 1.69. The lowest BCUT2D eigenvalue weighted by atomic mass is 9.77. The molecule has 0 amide bonds. The summed E-state index contributed by atoms with van der Waals surface area (Å²) in [6.45, 7) is 12.2. The van der Waals surface area contributed by atoms with E-state index in [1.54, 1.807) is 19.2 Å². The van der Waals surface area contributed by atoms with Crippen molar-refractivity contribution in [3.8, 4) is 11.5 Å². The van der Waals surface area contributed by atoms with Crippen molar-refractivity contribution < 1.29 is 19.4 Å². The minimum atomic E-state index is -0.378. The number of carbonyl (C=O) groups is 1. The van der Waals surface area contributed by atoms with E-state index in [9.17, 15) is 9.90 Å². The zero-order valence-corrected chi connectivity index (χ0v) is 20.7. The van der Waals surface area contributed by atoms with Gasteiger partial charge >= 0.3 is 5.97 Å². The van der Waals surface area contributed by atoms with Gasteiger partial charge < -0.3 is 14.6 Å². The predicted octanol–water partition coefficient (Wildman–Crippen LogP) is 6.52. The number of ether oxygens (including phenoxy) is 2. The molecule has 0 atom stereocenters. The van der Waals surface area contributed by atoms with Crippen LogP contribution in [0.1, 0.15) is 65.9 Å². The Balaban J connectivity index is 1.80.